The highest BCUT2D eigenvalue weighted by molar-refractivity contribution is 7.07. The maximum Gasteiger partial charge on any atom is 0.228 e. The normalized spacial score (nSPS) is 26.0. The van der Waals surface area contributed by atoms with Crippen LogP contribution in [0.25, 0.3) is 0 Å². The highest BCUT2D eigenvalue weighted by Gasteiger charge is 2.42. The van der Waals surface area contributed by atoms with Crippen molar-refractivity contribution in [1.29, 1.82) is 0 Å². The fourth-order valence-electron chi connectivity index (χ4n) is 3.79. The molecule has 6 nitrogen and oxygen atoms in total. The predicted octanol–water partition coefficient (Wildman–Crippen LogP) is 1.19. The fourth-order valence-corrected chi connectivity index (χ4v) is 4.34. The Balaban J connectivity index is 1.31. The number of carbonyl (C=O) groups is 2. The second-order valence-electron chi connectivity index (χ2n) is 7.11. The van der Waals surface area contributed by atoms with Crippen LogP contribution in [-0.4, -0.2) is 70.3 Å². The molecule has 3 fully saturated rings. The molecule has 0 radical (unpaired) electrons. The van der Waals surface area contributed by atoms with Gasteiger partial charge < -0.3 is 9.80 Å². The molecule has 24 heavy (non-hydrogen) atoms. The Morgan fingerprint density at radius 2 is 2.12 bits per heavy atom. The van der Waals surface area contributed by atoms with E-state index in [-0.39, 0.29) is 17.7 Å². The predicted molar refractivity (Wildman–Crippen MR) is 91.4 cm³/mol. The zero-order valence-corrected chi connectivity index (χ0v) is 14.7. The van der Waals surface area contributed by atoms with Gasteiger partial charge in [-0.2, -0.15) is 0 Å². The van der Waals surface area contributed by atoms with Gasteiger partial charge in [0.2, 0.25) is 11.8 Å². The van der Waals surface area contributed by atoms with Crippen molar-refractivity contribution >= 4 is 23.2 Å². The standard InChI is InChI=1S/C17H24N4O2S/c22-16-8-13(9-21(16)15-2-3-15)17(23)20-5-1-4-19(6-7-20)10-14-11-24-12-18-14/h11-13,15H,1-10H2/t13-/m0/s1. The minimum atomic E-state index is -0.122. The molecule has 0 aromatic carbocycles. The van der Waals surface area contributed by atoms with Crippen LogP contribution in [0, 0.1) is 5.92 Å². The summed E-state index contributed by atoms with van der Waals surface area (Å²) < 4.78 is 0. The second kappa shape index (κ2) is 6.80. The third-order valence-electron chi connectivity index (χ3n) is 5.26. The van der Waals surface area contributed by atoms with Gasteiger partial charge in [-0.3, -0.25) is 14.5 Å². The second-order valence-corrected chi connectivity index (χ2v) is 7.83. The molecule has 0 unspecified atom stereocenters. The largest absolute Gasteiger partial charge is 0.341 e. The van der Waals surface area contributed by atoms with Crippen molar-refractivity contribution in [3.8, 4) is 0 Å². The van der Waals surface area contributed by atoms with Gasteiger partial charge in [0.15, 0.2) is 0 Å². The number of rotatable bonds is 4. The SMILES string of the molecule is O=C([C@H]1CC(=O)N(C2CC2)C1)N1CCCN(Cc2cscn2)CC1. The minimum Gasteiger partial charge on any atom is -0.341 e. The Labute approximate surface area is 146 Å². The summed E-state index contributed by atoms with van der Waals surface area (Å²) in [6.07, 6.45) is 3.63. The van der Waals surface area contributed by atoms with E-state index in [2.05, 4.69) is 15.3 Å². The van der Waals surface area contributed by atoms with Crippen LogP contribution >= 0.6 is 11.3 Å². The summed E-state index contributed by atoms with van der Waals surface area (Å²) >= 11 is 1.62. The Kier molecular flexibility index (Phi) is 4.54. The minimum absolute atomic E-state index is 0.122. The smallest absolute Gasteiger partial charge is 0.228 e. The monoisotopic (exact) mass is 348 g/mol. The summed E-state index contributed by atoms with van der Waals surface area (Å²) in [5.41, 5.74) is 2.98. The van der Waals surface area contributed by atoms with E-state index in [1.807, 2.05) is 15.3 Å². The first kappa shape index (κ1) is 16.0. The Bertz CT molecular complexity index is 602. The summed E-state index contributed by atoms with van der Waals surface area (Å²) in [5, 5.41) is 2.09. The lowest BCUT2D eigenvalue weighted by atomic mass is 10.1. The third-order valence-corrected chi connectivity index (χ3v) is 5.90. The van der Waals surface area contributed by atoms with Crippen LogP contribution in [0.1, 0.15) is 31.4 Å². The molecule has 1 aliphatic carbocycles. The van der Waals surface area contributed by atoms with Gasteiger partial charge in [0, 0.05) is 57.1 Å². The van der Waals surface area contributed by atoms with Crippen LogP contribution < -0.4 is 0 Å². The molecule has 0 bridgehead atoms. The van der Waals surface area contributed by atoms with Gasteiger partial charge in [-0.15, -0.1) is 11.3 Å². The summed E-state index contributed by atoms with van der Waals surface area (Å²) in [6, 6.07) is 0.424. The van der Waals surface area contributed by atoms with E-state index in [0.29, 0.717) is 19.0 Å². The van der Waals surface area contributed by atoms with Crippen LogP contribution in [0.4, 0.5) is 0 Å². The zero-order valence-electron chi connectivity index (χ0n) is 13.9. The molecule has 1 aromatic heterocycles. The van der Waals surface area contributed by atoms with Crippen molar-refractivity contribution in [2.45, 2.75) is 38.3 Å². The van der Waals surface area contributed by atoms with Gasteiger partial charge in [0.1, 0.15) is 0 Å². The molecule has 2 saturated heterocycles. The summed E-state index contributed by atoms with van der Waals surface area (Å²) in [4.78, 5) is 35.6. The van der Waals surface area contributed by atoms with Crippen molar-refractivity contribution in [3.63, 3.8) is 0 Å². The maximum atomic E-state index is 12.8. The fraction of sp³-hybridized carbons (Fsp3) is 0.706. The van der Waals surface area contributed by atoms with E-state index in [0.717, 1.165) is 57.7 Å². The summed E-state index contributed by atoms with van der Waals surface area (Å²) in [6.45, 7) is 4.96. The number of amides is 2. The van der Waals surface area contributed by atoms with E-state index >= 15 is 0 Å². The first-order chi connectivity index (χ1) is 11.7. The van der Waals surface area contributed by atoms with Crippen LogP contribution in [0.2, 0.25) is 0 Å². The molecule has 0 spiro atoms. The summed E-state index contributed by atoms with van der Waals surface area (Å²) in [5.74, 6) is 0.237. The van der Waals surface area contributed by atoms with Crippen molar-refractivity contribution in [3.05, 3.63) is 16.6 Å². The molecular weight excluding hydrogens is 324 g/mol. The molecule has 1 atom stereocenters. The first-order valence-electron chi connectivity index (χ1n) is 8.88. The van der Waals surface area contributed by atoms with Crippen molar-refractivity contribution < 1.29 is 9.59 Å². The molecule has 3 aliphatic rings. The van der Waals surface area contributed by atoms with Crippen LogP contribution in [0.5, 0.6) is 0 Å². The Morgan fingerprint density at radius 1 is 1.25 bits per heavy atom. The lowest BCUT2D eigenvalue weighted by molar-refractivity contribution is -0.135. The van der Waals surface area contributed by atoms with Gasteiger partial charge in [0.05, 0.1) is 17.1 Å². The van der Waals surface area contributed by atoms with Crippen LogP contribution in [-0.2, 0) is 16.1 Å². The van der Waals surface area contributed by atoms with Gasteiger partial charge in [-0.05, 0) is 19.3 Å². The van der Waals surface area contributed by atoms with Gasteiger partial charge in [-0.25, -0.2) is 4.98 Å². The molecule has 4 rings (SSSR count). The molecule has 2 amide bonds. The molecule has 1 saturated carbocycles. The van der Waals surface area contributed by atoms with Crippen LogP contribution in [0.15, 0.2) is 10.9 Å². The summed E-state index contributed by atoms with van der Waals surface area (Å²) in [7, 11) is 0. The highest BCUT2D eigenvalue weighted by atomic mass is 32.1. The number of aromatic nitrogens is 1. The highest BCUT2D eigenvalue weighted by Crippen LogP contribution is 2.33. The van der Waals surface area contributed by atoms with Gasteiger partial charge in [0.25, 0.3) is 0 Å². The third kappa shape index (κ3) is 3.47. The number of likely N-dealkylation sites (tertiary alicyclic amines) is 1. The maximum absolute atomic E-state index is 12.8. The quantitative estimate of drug-likeness (QED) is 0.820. The average Bonchev–Trinajstić information content (AvgIpc) is 3.23. The van der Waals surface area contributed by atoms with Crippen molar-refractivity contribution in [1.82, 2.24) is 19.7 Å². The van der Waals surface area contributed by atoms with E-state index in [1.54, 1.807) is 11.3 Å². The lowest BCUT2D eigenvalue weighted by Gasteiger charge is -2.24. The number of hydrogen-bond donors (Lipinski definition) is 0. The van der Waals surface area contributed by atoms with E-state index in [1.165, 1.54) is 0 Å². The van der Waals surface area contributed by atoms with Gasteiger partial charge in [-0.1, -0.05) is 0 Å². The molecule has 130 valence electrons. The van der Waals surface area contributed by atoms with Crippen molar-refractivity contribution in [2.75, 3.05) is 32.7 Å². The topological polar surface area (TPSA) is 56.8 Å². The number of thiazole rings is 1. The Hall–Kier alpha value is -1.47. The average molecular weight is 348 g/mol. The molecule has 0 N–H and O–H groups in total. The molecule has 7 heteroatoms. The first-order valence-corrected chi connectivity index (χ1v) is 9.82. The number of carbonyl (C=O) groups excluding carboxylic acids is 2. The van der Waals surface area contributed by atoms with E-state index in [9.17, 15) is 9.59 Å². The number of nitrogens with zero attached hydrogens (tertiary/aromatic N) is 4. The molecule has 1 aromatic rings. The van der Waals surface area contributed by atoms with Gasteiger partial charge >= 0.3 is 0 Å². The van der Waals surface area contributed by atoms with E-state index < -0.39 is 0 Å². The molecular formula is C17H24N4O2S. The lowest BCUT2D eigenvalue weighted by Crippen LogP contribution is -2.40. The number of hydrogen-bond acceptors (Lipinski definition) is 5. The Morgan fingerprint density at radius 3 is 2.88 bits per heavy atom. The molecule has 2 aliphatic heterocycles. The van der Waals surface area contributed by atoms with Crippen molar-refractivity contribution in [2.24, 2.45) is 5.92 Å². The molecule has 3 heterocycles. The van der Waals surface area contributed by atoms with Crippen LogP contribution in [0.3, 0.4) is 0 Å². The zero-order chi connectivity index (χ0) is 16.5. The van der Waals surface area contributed by atoms with E-state index in [4.69, 9.17) is 0 Å².